The molecule has 0 aliphatic heterocycles. The van der Waals surface area contributed by atoms with Crippen molar-refractivity contribution >= 4 is 23.2 Å². The Kier molecular flexibility index (Phi) is 5.58. The van der Waals surface area contributed by atoms with E-state index in [-0.39, 0.29) is 5.91 Å². The Hall–Kier alpha value is -2.82. The fourth-order valence-corrected chi connectivity index (χ4v) is 2.57. The average molecular weight is 325 g/mol. The van der Waals surface area contributed by atoms with E-state index in [0.29, 0.717) is 17.2 Å². The molecule has 0 aliphatic rings. The topological polar surface area (TPSA) is 75.4 Å². The summed E-state index contributed by atoms with van der Waals surface area (Å²) in [6.07, 6.45) is 0. The van der Waals surface area contributed by atoms with Crippen LogP contribution in [0.2, 0.25) is 0 Å². The van der Waals surface area contributed by atoms with Gasteiger partial charge in [0.05, 0.1) is 0 Å². The highest BCUT2D eigenvalue weighted by Gasteiger charge is 2.10. The van der Waals surface area contributed by atoms with Gasteiger partial charge in [0.2, 0.25) is 5.91 Å². The lowest BCUT2D eigenvalue weighted by molar-refractivity contribution is 0.0995. The highest BCUT2D eigenvalue weighted by atomic mass is 16.2. The summed E-state index contributed by atoms with van der Waals surface area (Å²) in [6, 6.07) is 14.4. The molecule has 5 heteroatoms. The second kappa shape index (κ2) is 7.64. The number of hydrogen-bond donors (Lipinski definition) is 2. The number of nitrogens with zero attached hydrogens (tertiary/aromatic N) is 1. The molecule has 2 amide bonds. The molecule has 2 aromatic rings. The van der Waals surface area contributed by atoms with E-state index >= 15 is 0 Å². The summed E-state index contributed by atoms with van der Waals surface area (Å²) in [5, 5.41) is 2.85. The minimum atomic E-state index is -0.511. The molecule has 24 heavy (non-hydrogen) atoms. The van der Waals surface area contributed by atoms with Gasteiger partial charge in [-0.2, -0.15) is 0 Å². The molecule has 0 saturated heterocycles. The first-order chi connectivity index (χ1) is 11.4. The highest BCUT2D eigenvalue weighted by molar-refractivity contribution is 6.05. The summed E-state index contributed by atoms with van der Waals surface area (Å²) in [5.74, 6) is -0.738. The van der Waals surface area contributed by atoms with Crippen LogP contribution in [0, 0.1) is 0 Å². The van der Waals surface area contributed by atoms with Crippen molar-refractivity contribution in [2.45, 2.75) is 26.8 Å². The maximum atomic E-state index is 12.2. The number of nitrogens with two attached hydrogens (primary N) is 1. The number of benzene rings is 2. The Bertz CT molecular complexity index is 706. The summed E-state index contributed by atoms with van der Waals surface area (Å²) >= 11 is 0. The van der Waals surface area contributed by atoms with Crippen LogP contribution in [0.3, 0.4) is 0 Å². The third kappa shape index (κ3) is 4.13. The maximum absolute atomic E-state index is 12.2. The van der Waals surface area contributed by atoms with Crippen molar-refractivity contribution in [3.8, 4) is 0 Å². The Morgan fingerprint density at radius 3 is 2.00 bits per heavy atom. The van der Waals surface area contributed by atoms with Crippen LogP contribution in [0.5, 0.6) is 0 Å². The number of hydrogen-bond acceptors (Lipinski definition) is 3. The number of anilines is 2. The van der Waals surface area contributed by atoms with Crippen molar-refractivity contribution in [2.75, 3.05) is 16.8 Å². The van der Waals surface area contributed by atoms with Gasteiger partial charge in [-0.15, -0.1) is 0 Å². The number of carbonyl (C=O) groups is 2. The first-order valence-electron chi connectivity index (χ1n) is 8.00. The smallest absolute Gasteiger partial charge is 0.255 e. The minimum absolute atomic E-state index is 0.227. The van der Waals surface area contributed by atoms with Gasteiger partial charge in [-0.05, 0) is 69.3 Å². The molecular formula is C19H23N3O2. The first-order valence-corrected chi connectivity index (χ1v) is 8.00. The monoisotopic (exact) mass is 325 g/mol. The van der Waals surface area contributed by atoms with E-state index in [2.05, 4.69) is 31.0 Å². The third-order valence-corrected chi connectivity index (χ3v) is 3.85. The summed E-state index contributed by atoms with van der Waals surface area (Å²) in [6.45, 7) is 7.34. The van der Waals surface area contributed by atoms with Gasteiger partial charge in [-0.1, -0.05) is 0 Å². The lowest BCUT2D eigenvalue weighted by Crippen LogP contribution is -2.30. The molecule has 0 atom stereocenters. The van der Waals surface area contributed by atoms with E-state index in [1.54, 1.807) is 24.3 Å². The predicted octanol–water partition coefficient (Wildman–Crippen LogP) is 3.27. The van der Waals surface area contributed by atoms with Crippen LogP contribution in [-0.2, 0) is 0 Å². The molecule has 0 aliphatic carbocycles. The summed E-state index contributed by atoms with van der Waals surface area (Å²) < 4.78 is 0. The number of carbonyl (C=O) groups excluding carboxylic acids is 2. The van der Waals surface area contributed by atoms with Gasteiger partial charge >= 0.3 is 0 Å². The molecule has 0 radical (unpaired) electrons. The predicted molar refractivity (Wildman–Crippen MR) is 97.5 cm³/mol. The van der Waals surface area contributed by atoms with Gasteiger partial charge in [0.25, 0.3) is 5.91 Å². The Labute approximate surface area is 142 Å². The summed E-state index contributed by atoms with van der Waals surface area (Å²) in [7, 11) is 0. The van der Waals surface area contributed by atoms with Crippen molar-refractivity contribution in [1.29, 1.82) is 0 Å². The molecule has 0 saturated carbocycles. The lowest BCUT2D eigenvalue weighted by Gasteiger charge is -2.27. The molecule has 3 N–H and O–H groups in total. The molecule has 0 spiro atoms. The normalized spacial score (nSPS) is 10.5. The Morgan fingerprint density at radius 2 is 1.54 bits per heavy atom. The molecule has 0 unspecified atom stereocenters. The van der Waals surface area contributed by atoms with Crippen LogP contribution in [-0.4, -0.2) is 24.4 Å². The van der Waals surface area contributed by atoms with Gasteiger partial charge in [0.15, 0.2) is 0 Å². The molecule has 0 heterocycles. The number of primary amides is 1. The van der Waals surface area contributed by atoms with E-state index in [0.717, 1.165) is 17.9 Å². The van der Waals surface area contributed by atoms with Crippen molar-refractivity contribution in [3.63, 3.8) is 0 Å². The van der Waals surface area contributed by atoms with E-state index < -0.39 is 5.91 Å². The largest absolute Gasteiger partial charge is 0.369 e. The molecule has 0 aromatic heterocycles. The second-order valence-corrected chi connectivity index (χ2v) is 5.82. The zero-order chi connectivity index (χ0) is 17.7. The van der Waals surface area contributed by atoms with Crippen LogP contribution in [0.1, 0.15) is 41.5 Å². The number of amides is 2. The highest BCUT2D eigenvalue weighted by Crippen LogP contribution is 2.20. The molecule has 2 aromatic carbocycles. The van der Waals surface area contributed by atoms with Gasteiger partial charge < -0.3 is 16.0 Å². The zero-order valence-corrected chi connectivity index (χ0v) is 14.2. The Morgan fingerprint density at radius 1 is 1.00 bits per heavy atom. The summed E-state index contributed by atoms with van der Waals surface area (Å²) in [5.41, 5.74) is 7.89. The van der Waals surface area contributed by atoms with Crippen LogP contribution in [0.15, 0.2) is 48.5 Å². The van der Waals surface area contributed by atoms with Crippen molar-refractivity contribution in [2.24, 2.45) is 5.73 Å². The molecule has 0 fully saturated rings. The van der Waals surface area contributed by atoms with Crippen molar-refractivity contribution in [3.05, 3.63) is 59.7 Å². The minimum Gasteiger partial charge on any atom is -0.369 e. The van der Waals surface area contributed by atoms with Crippen LogP contribution in [0.4, 0.5) is 11.4 Å². The van der Waals surface area contributed by atoms with Gasteiger partial charge in [-0.3, -0.25) is 9.59 Å². The van der Waals surface area contributed by atoms with Crippen LogP contribution in [0.25, 0.3) is 0 Å². The molecule has 2 rings (SSSR count). The van der Waals surface area contributed by atoms with Gasteiger partial charge in [0, 0.05) is 35.1 Å². The molecule has 0 bridgehead atoms. The van der Waals surface area contributed by atoms with Gasteiger partial charge in [-0.25, -0.2) is 0 Å². The van der Waals surface area contributed by atoms with Crippen LogP contribution >= 0.6 is 0 Å². The second-order valence-electron chi connectivity index (χ2n) is 5.82. The quantitative estimate of drug-likeness (QED) is 0.856. The first kappa shape index (κ1) is 17.5. The van der Waals surface area contributed by atoms with E-state index in [4.69, 9.17) is 5.73 Å². The van der Waals surface area contributed by atoms with Crippen molar-refractivity contribution in [1.82, 2.24) is 0 Å². The number of nitrogens with one attached hydrogen (secondary N) is 1. The molecular weight excluding hydrogens is 302 g/mol. The average Bonchev–Trinajstić information content (AvgIpc) is 2.56. The zero-order valence-electron chi connectivity index (χ0n) is 14.2. The fraction of sp³-hybridized carbons (Fsp3) is 0.263. The fourth-order valence-electron chi connectivity index (χ4n) is 2.57. The van der Waals surface area contributed by atoms with Crippen molar-refractivity contribution < 1.29 is 9.59 Å². The van der Waals surface area contributed by atoms with E-state index in [9.17, 15) is 9.59 Å². The van der Waals surface area contributed by atoms with E-state index in [1.165, 1.54) is 0 Å². The van der Waals surface area contributed by atoms with Crippen LogP contribution < -0.4 is 16.0 Å². The number of rotatable bonds is 6. The van der Waals surface area contributed by atoms with E-state index in [1.807, 2.05) is 24.3 Å². The SMILES string of the molecule is CCN(c1ccc(NC(=O)c2ccc(C(N)=O)cc2)cc1)C(C)C. The van der Waals surface area contributed by atoms with Gasteiger partial charge in [0.1, 0.15) is 0 Å². The standard InChI is InChI=1S/C19H23N3O2/c1-4-22(13(2)3)17-11-9-16(10-12-17)21-19(24)15-7-5-14(6-8-15)18(20)23/h5-13H,4H2,1-3H3,(H2,20,23)(H,21,24). The molecule has 126 valence electrons. The lowest BCUT2D eigenvalue weighted by atomic mass is 10.1. The Balaban J connectivity index is 2.07. The maximum Gasteiger partial charge on any atom is 0.255 e. The summed E-state index contributed by atoms with van der Waals surface area (Å²) in [4.78, 5) is 25.6. The third-order valence-electron chi connectivity index (χ3n) is 3.85. The molecule has 5 nitrogen and oxygen atoms in total.